The highest BCUT2D eigenvalue weighted by Gasteiger charge is 2.43. The van der Waals surface area contributed by atoms with Gasteiger partial charge in [-0.25, -0.2) is 13.1 Å². The Morgan fingerprint density at radius 1 is 1.45 bits per heavy atom. The first-order valence-corrected chi connectivity index (χ1v) is 8.13. The Kier molecular flexibility index (Phi) is 4.09. The fraction of sp³-hybridized carbons (Fsp3) is 0.462. The number of aliphatic carboxylic acids is 1. The summed E-state index contributed by atoms with van der Waals surface area (Å²) in [6.07, 6.45) is 1.66. The van der Waals surface area contributed by atoms with Gasteiger partial charge < -0.3 is 5.11 Å². The summed E-state index contributed by atoms with van der Waals surface area (Å²) < 4.78 is 27.5. The van der Waals surface area contributed by atoms with E-state index in [0.717, 1.165) is 6.42 Å². The van der Waals surface area contributed by atoms with Crippen LogP contribution in [-0.2, 0) is 14.8 Å². The third-order valence-corrected chi connectivity index (χ3v) is 5.79. The molecule has 5 nitrogen and oxygen atoms in total. The molecule has 110 valence electrons. The van der Waals surface area contributed by atoms with E-state index >= 15 is 0 Å². The molecule has 0 radical (unpaired) electrons. The third-order valence-electron chi connectivity index (χ3n) is 3.58. The first-order valence-electron chi connectivity index (χ1n) is 6.27. The summed E-state index contributed by atoms with van der Waals surface area (Å²) in [6, 6.07) is 4.84. The van der Waals surface area contributed by atoms with E-state index < -0.39 is 21.5 Å². The van der Waals surface area contributed by atoms with Crippen LogP contribution < -0.4 is 4.72 Å². The van der Waals surface area contributed by atoms with Gasteiger partial charge >= 0.3 is 5.97 Å². The first kappa shape index (κ1) is 15.3. The van der Waals surface area contributed by atoms with Crippen LogP contribution in [-0.4, -0.2) is 25.0 Å². The summed E-state index contributed by atoms with van der Waals surface area (Å²) >= 11 is 5.97. The average molecular weight is 318 g/mol. The van der Waals surface area contributed by atoms with Crippen molar-refractivity contribution in [2.45, 2.75) is 43.0 Å². The van der Waals surface area contributed by atoms with Crippen molar-refractivity contribution in [2.75, 3.05) is 0 Å². The van der Waals surface area contributed by atoms with Crippen LogP contribution in [0.2, 0.25) is 5.02 Å². The SMILES string of the molecule is Cc1cccc(Cl)c1S(=O)(=O)NC1(CC(=O)O)CCC1. The normalized spacial score (nSPS) is 17.5. The van der Waals surface area contributed by atoms with Gasteiger partial charge in [-0.2, -0.15) is 0 Å². The average Bonchev–Trinajstić information content (AvgIpc) is 2.24. The summed E-state index contributed by atoms with van der Waals surface area (Å²) in [6.45, 7) is 1.66. The highest BCUT2D eigenvalue weighted by atomic mass is 35.5. The second-order valence-corrected chi connectivity index (χ2v) is 7.22. The lowest BCUT2D eigenvalue weighted by Crippen LogP contribution is -2.54. The number of hydrogen-bond donors (Lipinski definition) is 2. The van der Waals surface area contributed by atoms with Gasteiger partial charge in [-0.3, -0.25) is 4.79 Å². The molecule has 0 saturated heterocycles. The predicted octanol–water partition coefficient (Wildman–Crippen LogP) is 2.32. The lowest BCUT2D eigenvalue weighted by molar-refractivity contribution is -0.139. The zero-order valence-corrected chi connectivity index (χ0v) is 12.6. The molecule has 0 aliphatic heterocycles. The molecule has 1 saturated carbocycles. The summed E-state index contributed by atoms with van der Waals surface area (Å²) in [7, 11) is -3.83. The zero-order chi connectivity index (χ0) is 15.0. The number of halogens is 1. The zero-order valence-electron chi connectivity index (χ0n) is 11.0. The molecule has 1 aliphatic carbocycles. The molecule has 20 heavy (non-hydrogen) atoms. The second kappa shape index (κ2) is 5.35. The van der Waals surface area contributed by atoms with Crippen molar-refractivity contribution >= 4 is 27.6 Å². The highest BCUT2D eigenvalue weighted by Crippen LogP contribution is 2.37. The number of nitrogens with one attached hydrogen (secondary N) is 1. The molecule has 0 bridgehead atoms. The summed E-state index contributed by atoms with van der Waals surface area (Å²) in [5.41, 5.74) is -0.342. The third kappa shape index (κ3) is 2.97. The van der Waals surface area contributed by atoms with Gasteiger partial charge in [-0.05, 0) is 37.8 Å². The van der Waals surface area contributed by atoms with Gasteiger partial charge in [0.1, 0.15) is 4.90 Å². The Hall–Kier alpha value is -1.11. The number of carboxylic acids is 1. The number of aryl methyl sites for hydroxylation is 1. The molecule has 1 aromatic rings. The number of carboxylic acid groups (broad SMARTS) is 1. The van der Waals surface area contributed by atoms with E-state index in [0.29, 0.717) is 18.4 Å². The van der Waals surface area contributed by atoms with E-state index in [9.17, 15) is 13.2 Å². The molecule has 1 aromatic carbocycles. The van der Waals surface area contributed by atoms with E-state index in [1.807, 2.05) is 0 Å². The van der Waals surface area contributed by atoms with Crippen LogP contribution in [0.4, 0.5) is 0 Å². The summed E-state index contributed by atoms with van der Waals surface area (Å²) in [4.78, 5) is 10.9. The smallest absolute Gasteiger partial charge is 0.305 e. The van der Waals surface area contributed by atoms with Crippen LogP contribution in [0.15, 0.2) is 23.1 Å². The van der Waals surface area contributed by atoms with Gasteiger partial charge in [-0.1, -0.05) is 23.7 Å². The molecule has 0 amide bonds. The van der Waals surface area contributed by atoms with E-state index in [-0.39, 0.29) is 16.3 Å². The van der Waals surface area contributed by atoms with Gasteiger partial charge in [0.15, 0.2) is 0 Å². The van der Waals surface area contributed by atoms with E-state index in [4.69, 9.17) is 16.7 Å². The Morgan fingerprint density at radius 2 is 2.10 bits per heavy atom. The molecule has 1 aliphatic rings. The van der Waals surface area contributed by atoms with Crippen LogP contribution in [0, 0.1) is 6.92 Å². The maximum absolute atomic E-state index is 12.5. The fourth-order valence-corrected chi connectivity index (χ4v) is 4.79. The number of hydrogen-bond acceptors (Lipinski definition) is 3. The van der Waals surface area contributed by atoms with Crippen LogP contribution in [0.1, 0.15) is 31.2 Å². The van der Waals surface area contributed by atoms with Crippen molar-refractivity contribution in [3.05, 3.63) is 28.8 Å². The van der Waals surface area contributed by atoms with Crippen LogP contribution in [0.25, 0.3) is 0 Å². The standard InChI is InChI=1S/C13H16ClNO4S/c1-9-4-2-5-10(14)12(9)20(18,19)15-13(6-3-7-13)8-11(16)17/h2,4-5,15H,3,6-8H2,1H3,(H,16,17). The maximum Gasteiger partial charge on any atom is 0.305 e. The van der Waals surface area contributed by atoms with Crippen molar-refractivity contribution < 1.29 is 18.3 Å². The van der Waals surface area contributed by atoms with E-state index in [1.165, 1.54) is 6.07 Å². The molecular formula is C13H16ClNO4S. The molecular weight excluding hydrogens is 302 g/mol. The Labute approximate surface area is 123 Å². The van der Waals surface area contributed by atoms with Crippen LogP contribution in [0.5, 0.6) is 0 Å². The molecule has 2 N–H and O–H groups in total. The van der Waals surface area contributed by atoms with Gasteiger partial charge in [-0.15, -0.1) is 0 Å². The molecule has 7 heteroatoms. The van der Waals surface area contributed by atoms with Crippen molar-refractivity contribution in [3.63, 3.8) is 0 Å². The lowest BCUT2D eigenvalue weighted by Gasteiger charge is -2.41. The second-order valence-electron chi connectivity index (χ2n) is 5.20. The maximum atomic E-state index is 12.5. The van der Waals surface area contributed by atoms with Gasteiger partial charge in [0, 0.05) is 5.54 Å². The Balaban J connectivity index is 2.34. The molecule has 2 rings (SSSR count). The number of benzene rings is 1. The van der Waals surface area contributed by atoms with E-state index in [1.54, 1.807) is 19.1 Å². The Bertz CT molecular complexity index is 618. The molecule has 1 fully saturated rings. The lowest BCUT2D eigenvalue weighted by atomic mass is 9.75. The minimum Gasteiger partial charge on any atom is -0.481 e. The topological polar surface area (TPSA) is 83.5 Å². The first-order chi connectivity index (χ1) is 9.26. The molecule has 0 unspecified atom stereocenters. The van der Waals surface area contributed by atoms with Gasteiger partial charge in [0.05, 0.1) is 11.4 Å². The minimum atomic E-state index is -3.83. The number of carbonyl (C=O) groups is 1. The largest absolute Gasteiger partial charge is 0.481 e. The van der Waals surface area contributed by atoms with E-state index in [2.05, 4.69) is 4.72 Å². The molecule has 0 heterocycles. The molecule has 0 aromatic heterocycles. The number of sulfonamides is 1. The van der Waals surface area contributed by atoms with Crippen LogP contribution in [0.3, 0.4) is 0 Å². The molecule has 0 atom stereocenters. The van der Waals surface area contributed by atoms with Crippen molar-refractivity contribution in [3.8, 4) is 0 Å². The highest BCUT2D eigenvalue weighted by molar-refractivity contribution is 7.89. The van der Waals surface area contributed by atoms with Crippen molar-refractivity contribution in [2.24, 2.45) is 0 Å². The fourth-order valence-electron chi connectivity index (χ4n) is 2.50. The summed E-state index contributed by atoms with van der Waals surface area (Å²) in [5.74, 6) is -1.01. The monoisotopic (exact) mass is 317 g/mol. The van der Waals surface area contributed by atoms with Crippen LogP contribution >= 0.6 is 11.6 Å². The van der Waals surface area contributed by atoms with Gasteiger partial charge in [0.2, 0.25) is 10.0 Å². The molecule has 0 spiro atoms. The quantitative estimate of drug-likeness (QED) is 0.873. The number of rotatable bonds is 5. The summed E-state index contributed by atoms with van der Waals surface area (Å²) in [5, 5.41) is 9.07. The Morgan fingerprint density at radius 3 is 2.55 bits per heavy atom. The predicted molar refractivity (Wildman–Crippen MR) is 75.3 cm³/mol. The van der Waals surface area contributed by atoms with Gasteiger partial charge in [0.25, 0.3) is 0 Å². The minimum absolute atomic E-state index is 0.0262. The van der Waals surface area contributed by atoms with Crippen molar-refractivity contribution in [1.29, 1.82) is 0 Å². The van der Waals surface area contributed by atoms with Crippen molar-refractivity contribution in [1.82, 2.24) is 4.72 Å².